The van der Waals surface area contributed by atoms with E-state index in [-0.39, 0.29) is 17.0 Å². The summed E-state index contributed by atoms with van der Waals surface area (Å²) in [6, 6.07) is 25.5. The van der Waals surface area contributed by atoms with E-state index < -0.39 is 5.60 Å². The number of aryl methyl sites for hydroxylation is 1. The van der Waals surface area contributed by atoms with Crippen LogP contribution in [0, 0.1) is 12.7 Å². The number of rotatable bonds is 6. The van der Waals surface area contributed by atoms with Gasteiger partial charge in [-0.1, -0.05) is 87.9 Å². The first-order valence-corrected chi connectivity index (χ1v) is 16.9. The highest BCUT2D eigenvalue weighted by Crippen LogP contribution is 2.59. The number of ether oxygens (including phenoxy) is 2. The van der Waals surface area contributed by atoms with Crippen molar-refractivity contribution in [2.45, 2.75) is 70.8 Å². The maximum absolute atomic E-state index is 14.3. The summed E-state index contributed by atoms with van der Waals surface area (Å²) in [5, 5.41) is 2.15. The topological polar surface area (TPSA) is 35.5 Å². The van der Waals surface area contributed by atoms with Gasteiger partial charge in [0.05, 0.1) is 6.61 Å². The SMILES string of the molecule is CCCCOc1ccc(C2(c3ccc(F)cc3)C=Cc3c4c(c5ccccc5c3O2)-c2c(cc(C)c3c2CCCC3=O)C4(C)C)cc1. The van der Waals surface area contributed by atoms with Gasteiger partial charge in [-0.2, -0.15) is 0 Å². The van der Waals surface area contributed by atoms with Crippen molar-refractivity contribution >= 4 is 22.6 Å². The molecule has 1 aliphatic heterocycles. The maximum Gasteiger partial charge on any atom is 0.178 e. The van der Waals surface area contributed by atoms with Gasteiger partial charge in [0, 0.05) is 39.5 Å². The highest BCUT2D eigenvalue weighted by atomic mass is 19.1. The largest absolute Gasteiger partial charge is 0.494 e. The number of carbonyl (C=O) groups excluding carboxylic acids is 1. The van der Waals surface area contributed by atoms with Gasteiger partial charge >= 0.3 is 0 Å². The number of unbranched alkanes of at least 4 members (excludes halogenated alkanes) is 1. The van der Waals surface area contributed by atoms with E-state index in [1.54, 1.807) is 0 Å². The Bertz CT molecular complexity index is 2100. The number of fused-ring (bicyclic) bond motifs is 10. The fraction of sp³-hybridized carbons (Fsp3) is 0.279. The number of Topliss-reactive ketones (excluding diaryl/α,β-unsaturated/α-hetero) is 1. The van der Waals surface area contributed by atoms with Gasteiger partial charge in [0.1, 0.15) is 17.3 Å². The molecule has 0 saturated carbocycles. The Balaban J connectivity index is 1.37. The van der Waals surface area contributed by atoms with E-state index in [2.05, 4.69) is 82.3 Å². The molecule has 0 spiro atoms. The van der Waals surface area contributed by atoms with E-state index in [0.717, 1.165) is 75.8 Å². The molecule has 8 rings (SSSR count). The minimum Gasteiger partial charge on any atom is -0.494 e. The fourth-order valence-electron chi connectivity index (χ4n) is 8.30. The van der Waals surface area contributed by atoms with Crippen LogP contribution in [0.3, 0.4) is 0 Å². The zero-order valence-electron chi connectivity index (χ0n) is 27.5. The second-order valence-electron chi connectivity index (χ2n) is 13.8. The van der Waals surface area contributed by atoms with Crippen LogP contribution in [-0.2, 0) is 17.4 Å². The third kappa shape index (κ3) is 4.41. The smallest absolute Gasteiger partial charge is 0.178 e. The van der Waals surface area contributed by atoms with Gasteiger partial charge in [0.15, 0.2) is 11.4 Å². The van der Waals surface area contributed by atoms with Crippen molar-refractivity contribution in [1.82, 2.24) is 0 Å². The van der Waals surface area contributed by atoms with Crippen molar-refractivity contribution in [2.24, 2.45) is 0 Å². The van der Waals surface area contributed by atoms with Crippen molar-refractivity contribution in [3.63, 3.8) is 0 Å². The van der Waals surface area contributed by atoms with Crippen LogP contribution in [0.5, 0.6) is 11.5 Å². The van der Waals surface area contributed by atoms with E-state index >= 15 is 0 Å². The Morgan fingerprint density at radius 1 is 0.872 bits per heavy atom. The fourth-order valence-corrected chi connectivity index (χ4v) is 8.30. The molecule has 1 atom stereocenters. The van der Waals surface area contributed by atoms with Crippen molar-refractivity contribution in [1.29, 1.82) is 0 Å². The van der Waals surface area contributed by atoms with Crippen LogP contribution >= 0.6 is 0 Å². The van der Waals surface area contributed by atoms with Crippen LogP contribution in [0.15, 0.2) is 84.9 Å². The highest BCUT2D eigenvalue weighted by molar-refractivity contribution is 6.11. The lowest BCUT2D eigenvalue weighted by Crippen LogP contribution is -2.35. The Labute approximate surface area is 276 Å². The molecule has 0 aromatic heterocycles. The molecule has 3 aliphatic rings. The van der Waals surface area contributed by atoms with Gasteiger partial charge in [-0.25, -0.2) is 4.39 Å². The Morgan fingerprint density at radius 3 is 2.30 bits per heavy atom. The summed E-state index contributed by atoms with van der Waals surface area (Å²) in [5.74, 6) is 1.60. The van der Waals surface area contributed by atoms with E-state index in [0.29, 0.717) is 13.0 Å². The number of hydrogen-bond donors (Lipinski definition) is 0. The second-order valence-corrected chi connectivity index (χ2v) is 13.8. The number of carbonyl (C=O) groups is 1. The first kappa shape index (κ1) is 29.7. The molecule has 4 heteroatoms. The first-order valence-electron chi connectivity index (χ1n) is 16.9. The maximum atomic E-state index is 14.3. The Morgan fingerprint density at radius 2 is 1.57 bits per heavy atom. The van der Waals surface area contributed by atoms with Crippen molar-refractivity contribution in [3.05, 3.63) is 135 Å². The molecule has 0 radical (unpaired) electrons. The first-order chi connectivity index (χ1) is 22.7. The molecule has 0 saturated heterocycles. The summed E-state index contributed by atoms with van der Waals surface area (Å²) in [5.41, 5.74) is 9.70. The molecule has 1 heterocycles. The molecule has 0 amide bonds. The Hall–Kier alpha value is -4.70. The lowest BCUT2D eigenvalue weighted by Gasteiger charge is -2.38. The molecule has 47 heavy (non-hydrogen) atoms. The average molecular weight is 623 g/mol. The number of ketones is 1. The van der Waals surface area contributed by atoms with Gasteiger partial charge in [-0.15, -0.1) is 0 Å². The number of benzene rings is 5. The third-order valence-corrected chi connectivity index (χ3v) is 10.6. The van der Waals surface area contributed by atoms with E-state index in [4.69, 9.17) is 9.47 Å². The normalized spacial score (nSPS) is 18.7. The van der Waals surface area contributed by atoms with Gasteiger partial charge in [-0.3, -0.25) is 4.79 Å². The van der Waals surface area contributed by atoms with Gasteiger partial charge in [-0.05, 0) is 95.3 Å². The van der Waals surface area contributed by atoms with Crippen LogP contribution in [0.25, 0.3) is 28.0 Å². The van der Waals surface area contributed by atoms with E-state index in [9.17, 15) is 9.18 Å². The molecule has 0 N–H and O–H groups in total. The van der Waals surface area contributed by atoms with Gasteiger partial charge in [0.25, 0.3) is 0 Å². The molecule has 5 aromatic rings. The standard InChI is InChI=1S/C43H39FO3/c1-5-6-24-46-30-20-16-28(17-21-30)43(27-14-18-29(44)19-15-27)23-22-34-40-39(31-10-7-8-11-32(31)41(34)47-43)38-33-12-9-13-36(45)37(33)26(2)25-35(38)42(40,3)4/h7-8,10-11,14-23,25H,5-6,9,12-13,24H2,1-4H3. The molecule has 3 nitrogen and oxygen atoms in total. The summed E-state index contributed by atoms with van der Waals surface area (Å²) in [6.45, 7) is 9.52. The average Bonchev–Trinajstić information content (AvgIpc) is 3.32. The van der Waals surface area contributed by atoms with Crippen molar-refractivity contribution in [2.75, 3.05) is 6.61 Å². The molecule has 2 aliphatic carbocycles. The molecule has 0 bridgehead atoms. The third-order valence-electron chi connectivity index (χ3n) is 10.6. The summed E-state index contributed by atoms with van der Waals surface area (Å²) in [6.07, 6.45) is 8.83. The number of halogens is 1. The monoisotopic (exact) mass is 622 g/mol. The number of hydrogen-bond acceptors (Lipinski definition) is 3. The summed E-state index contributed by atoms with van der Waals surface area (Å²) < 4.78 is 27.6. The molecule has 236 valence electrons. The molecule has 1 unspecified atom stereocenters. The lowest BCUT2D eigenvalue weighted by molar-refractivity contribution is 0.0972. The quantitative estimate of drug-likeness (QED) is 0.177. The van der Waals surface area contributed by atoms with Crippen molar-refractivity contribution < 1.29 is 18.7 Å². The summed E-state index contributed by atoms with van der Waals surface area (Å²) in [7, 11) is 0. The van der Waals surface area contributed by atoms with E-state index in [1.165, 1.54) is 39.9 Å². The molecule has 5 aromatic carbocycles. The zero-order valence-corrected chi connectivity index (χ0v) is 27.5. The van der Waals surface area contributed by atoms with Gasteiger partial charge < -0.3 is 9.47 Å². The van der Waals surface area contributed by atoms with Gasteiger partial charge in [0.2, 0.25) is 0 Å². The van der Waals surface area contributed by atoms with Crippen molar-refractivity contribution in [3.8, 4) is 22.6 Å². The minimum atomic E-state index is -0.989. The second kappa shape index (κ2) is 10.9. The van der Waals surface area contributed by atoms with Crippen LogP contribution in [0.1, 0.15) is 95.8 Å². The highest BCUT2D eigenvalue weighted by Gasteiger charge is 2.46. The van der Waals surface area contributed by atoms with Crippen LogP contribution in [0.4, 0.5) is 4.39 Å². The molecular formula is C43H39FO3. The van der Waals surface area contributed by atoms with Crippen LogP contribution < -0.4 is 9.47 Å². The zero-order chi connectivity index (χ0) is 32.5. The predicted molar refractivity (Wildman–Crippen MR) is 187 cm³/mol. The lowest BCUT2D eigenvalue weighted by atomic mass is 9.76. The summed E-state index contributed by atoms with van der Waals surface area (Å²) in [4.78, 5) is 13.3. The van der Waals surface area contributed by atoms with E-state index in [1.807, 2.05) is 24.3 Å². The van der Waals surface area contributed by atoms with Crippen LogP contribution in [0.2, 0.25) is 0 Å². The minimum absolute atomic E-state index is 0.258. The molecule has 0 fully saturated rings. The summed E-state index contributed by atoms with van der Waals surface area (Å²) >= 11 is 0. The predicted octanol–water partition coefficient (Wildman–Crippen LogP) is 10.6. The molecular weight excluding hydrogens is 583 g/mol. The Kier molecular flexibility index (Phi) is 6.91. The van der Waals surface area contributed by atoms with Crippen LogP contribution in [-0.4, -0.2) is 12.4 Å².